The highest BCUT2D eigenvalue weighted by atomic mass is 15.2. The summed E-state index contributed by atoms with van der Waals surface area (Å²) in [7, 11) is 3.91. The Morgan fingerprint density at radius 2 is 2.38 bits per heavy atom. The molecule has 72 valence electrons. The molecule has 0 saturated carbocycles. The number of hydrogen-bond acceptors (Lipinski definition) is 2. The molecular formula is C10H17N3. The van der Waals surface area contributed by atoms with Crippen LogP contribution in [0.15, 0.2) is 17.8 Å². The fraction of sp³-hybridized carbons (Fsp3) is 0.500. The number of rotatable bonds is 3. The first-order valence-electron chi connectivity index (χ1n) is 4.48. The van der Waals surface area contributed by atoms with Gasteiger partial charge < -0.3 is 5.32 Å². The van der Waals surface area contributed by atoms with Crippen molar-refractivity contribution in [2.45, 2.75) is 19.9 Å². The third kappa shape index (κ3) is 2.42. The summed E-state index contributed by atoms with van der Waals surface area (Å²) in [6.45, 7) is 4.26. The Hall–Kier alpha value is -1.09. The monoisotopic (exact) mass is 179 g/mol. The van der Waals surface area contributed by atoms with Crippen LogP contribution in [0.5, 0.6) is 0 Å². The quantitative estimate of drug-likeness (QED) is 0.760. The minimum absolute atomic E-state index is 0.412. The van der Waals surface area contributed by atoms with E-state index < -0.39 is 0 Å². The Kier molecular flexibility index (Phi) is 3.25. The molecule has 0 spiro atoms. The number of aromatic nitrogens is 2. The lowest BCUT2D eigenvalue weighted by Crippen LogP contribution is -2.22. The van der Waals surface area contributed by atoms with Crippen LogP contribution >= 0.6 is 0 Å². The lowest BCUT2D eigenvalue weighted by Gasteiger charge is -2.10. The molecule has 1 rings (SSSR count). The van der Waals surface area contributed by atoms with Gasteiger partial charge in [-0.05, 0) is 33.0 Å². The van der Waals surface area contributed by atoms with Crippen molar-refractivity contribution in [3.63, 3.8) is 0 Å². The van der Waals surface area contributed by atoms with Gasteiger partial charge in [-0.3, -0.25) is 4.68 Å². The van der Waals surface area contributed by atoms with Gasteiger partial charge >= 0.3 is 0 Å². The molecule has 1 atom stereocenters. The van der Waals surface area contributed by atoms with E-state index in [0.717, 1.165) is 5.69 Å². The lowest BCUT2D eigenvalue weighted by atomic mass is 10.1. The number of likely N-dealkylation sites (N-methyl/N-ethyl adjacent to an activating group) is 1. The van der Waals surface area contributed by atoms with Crippen molar-refractivity contribution < 1.29 is 0 Å². The van der Waals surface area contributed by atoms with Crippen LogP contribution in [0.25, 0.3) is 6.08 Å². The predicted molar refractivity (Wildman–Crippen MR) is 55.4 cm³/mol. The molecule has 0 aliphatic carbocycles. The maximum Gasteiger partial charge on any atom is 0.0606 e. The van der Waals surface area contributed by atoms with Gasteiger partial charge in [-0.25, -0.2) is 0 Å². The maximum absolute atomic E-state index is 4.11. The zero-order valence-corrected chi connectivity index (χ0v) is 8.70. The molecule has 1 heterocycles. The third-order valence-corrected chi connectivity index (χ3v) is 2.35. The second-order valence-electron chi connectivity index (χ2n) is 3.28. The van der Waals surface area contributed by atoms with E-state index in [0.29, 0.717) is 6.04 Å². The van der Waals surface area contributed by atoms with Crippen molar-refractivity contribution in [3.8, 4) is 0 Å². The van der Waals surface area contributed by atoms with Crippen LogP contribution in [0, 0.1) is 0 Å². The van der Waals surface area contributed by atoms with Gasteiger partial charge in [0, 0.05) is 19.3 Å². The molecule has 1 aromatic rings. The second-order valence-corrected chi connectivity index (χ2v) is 3.28. The van der Waals surface area contributed by atoms with Gasteiger partial charge in [-0.2, -0.15) is 5.10 Å². The Labute approximate surface area is 79.5 Å². The van der Waals surface area contributed by atoms with Crippen molar-refractivity contribution in [2.24, 2.45) is 7.05 Å². The standard InChI is InChI=1S/C10H17N3/c1-8(9(2)11-3)7-10-5-6-12-13(10)4/h5-7,9,11H,1-4H3/b8-7+. The molecule has 0 aromatic carbocycles. The molecule has 0 radical (unpaired) electrons. The average molecular weight is 179 g/mol. The molecule has 0 fully saturated rings. The van der Waals surface area contributed by atoms with E-state index in [1.54, 1.807) is 0 Å². The zero-order chi connectivity index (χ0) is 9.84. The summed E-state index contributed by atoms with van der Waals surface area (Å²) in [6, 6.07) is 2.42. The normalized spacial score (nSPS) is 14.6. The summed E-state index contributed by atoms with van der Waals surface area (Å²) in [4.78, 5) is 0. The van der Waals surface area contributed by atoms with Crippen LogP contribution in [-0.4, -0.2) is 22.9 Å². The Morgan fingerprint density at radius 1 is 1.69 bits per heavy atom. The highest BCUT2D eigenvalue weighted by molar-refractivity contribution is 5.49. The molecule has 0 bridgehead atoms. The minimum atomic E-state index is 0.412. The first-order chi connectivity index (χ1) is 6.15. The summed E-state index contributed by atoms with van der Waals surface area (Å²) in [5.74, 6) is 0. The van der Waals surface area contributed by atoms with E-state index in [9.17, 15) is 0 Å². The van der Waals surface area contributed by atoms with Crippen molar-refractivity contribution in [1.29, 1.82) is 0 Å². The fourth-order valence-electron chi connectivity index (χ4n) is 1.11. The predicted octanol–water partition coefficient (Wildman–Crippen LogP) is 1.43. The summed E-state index contributed by atoms with van der Waals surface area (Å²) < 4.78 is 1.87. The topological polar surface area (TPSA) is 29.9 Å². The Morgan fingerprint density at radius 3 is 2.85 bits per heavy atom. The molecule has 0 amide bonds. The molecule has 3 nitrogen and oxygen atoms in total. The van der Waals surface area contributed by atoms with E-state index in [1.165, 1.54) is 5.57 Å². The van der Waals surface area contributed by atoms with E-state index in [4.69, 9.17) is 0 Å². The molecule has 0 aliphatic heterocycles. The van der Waals surface area contributed by atoms with Crippen LogP contribution in [0.1, 0.15) is 19.5 Å². The number of aryl methyl sites for hydroxylation is 1. The van der Waals surface area contributed by atoms with Crippen molar-refractivity contribution in [2.75, 3.05) is 7.05 Å². The van der Waals surface area contributed by atoms with E-state index >= 15 is 0 Å². The molecule has 1 unspecified atom stereocenters. The van der Waals surface area contributed by atoms with Crippen molar-refractivity contribution >= 4 is 6.08 Å². The van der Waals surface area contributed by atoms with Gasteiger partial charge in [0.1, 0.15) is 0 Å². The summed E-state index contributed by atoms with van der Waals surface area (Å²) in [5.41, 5.74) is 2.45. The largest absolute Gasteiger partial charge is 0.314 e. The van der Waals surface area contributed by atoms with Gasteiger partial charge in [0.05, 0.1) is 5.69 Å². The van der Waals surface area contributed by atoms with Gasteiger partial charge in [0.15, 0.2) is 0 Å². The maximum atomic E-state index is 4.11. The molecule has 1 N–H and O–H groups in total. The van der Waals surface area contributed by atoms with Crippen molar-refractivity contribution in [3.05, 3.63) is 23.5 Å². The van der Waals surface area contributed by atoms with E-state index in [2.05, 4.69) is 30.3 Å². The number of nitrogens with zero attached hydrogens (tertiary/aromatic N) is 2. The lowest BCUT2D eigenvalue weighted by molar-refractivity contribution is 0.694. The highest BCUT2D eigenvalue weighted by Crippen LogP contribution is 2.07. The van der Waals surface area contributed by atoms with E-state index in [-0.39, 0.29) is 0 Å². The van der Waals surface area contributed by atoms with Gasteiger partial charge in [-0.1, -0.05) is 5.57 Å². The van der Waals surface area contributed by atoms with Crippen LogP contribution in [0.3, 0.4) is 0 Å². The van der Waals surface area contributed by atoms with Gasteiger partial charge in [0.2, 0.25) is 0 Å². The van der Waals surface area contributed by atoms with Crippen LogP contribution in [-0.2, 0) is 7.05 Å². The van der Waals surface area contributed by atoms with Gasteiger partial charge in [0.25, 0.3) is 0 Å². The van der Waals surface area contributed by atoms with Crippen LogP contribution < -0.4 is 5.32 Å². The van der Waals surface area contributed by atoms with Crippen LogP contribution in [0.2, 0.25) is 0 Å². The number of hydrogen-bond donors (Lipinski definition) is 1. The molecule has 0 aliphatic rings. The zero-order valence-electron chi connectivity index (χ0n) is 8.70. The second kappa shape index (κ2) is 4.23. The smallest absolute Gasteiger partial charge is 0.0606 e. The average Bonchev–Trinajstić information content (AvgIpc) is 2.50. The Bertz CT molecular complexity index is 299. The summed E-state index contributed by atoms with van der Waals surface area (Å²) in [5, 5.41) is 7.31. The first-order valence-corrected chi connectivity index (χ1v) is 4.48. The van der Waals surface area contributed by atoms with Crippen LogP contribution in [0.4, 0.5) is 0 Å². The minimum Gasteiger partial charge on any atom is -0.314 e. The third-order valence-electron chi connectivity index (χ3n) is 2.35. The first kappa shape index (κ1) is 9.99. The fourth-order valence-corrected chi connectivity index (χ4v) is 1.11. The molecule has 1 aromatic heterocycles. The summed E-state index contributed by atoms with van der Waals surface area (Å²) in [6.07, 6.45) is 3.96. The molecule has 0 saturated heterocycles. The van der Waals surface area contributed by atoms with Gasteiger partial charge in [-0.15, -0.1) is 0 Å². The number of nitrogens with one attached hydrogen (secondary N) is 1. The SMILES string of the molecule is CNC(C)/C(C)=C/c1ccnn1C. The molecule has 13 heavy (non-hydrogen) atoms. The Balaban J connectivity index is 2.82. The highest BCUT2D eigenvalue weighted by Gasteiger charge is 2.01. The molecular weight excluding hydrogens is 162 g/mol. The van der Waals surface area contributed by atoms with Crippen molar-refractivity contribution in [1.82, 2.24) is 15.1 Å². The van der Waals surface area contributed by atoms with E-state index in [1.807, 2.05) is 31.0 Å². The molecule has 3 heteroatoms. The summed E-state index contributed by atoms with van der Waals surface area (Å²) >= 11 is 0.